The zero-order chi connectivity index (χ0) is 29.6. The normalized spacial score (nSPS) is 12.3. The van der Waals surface area contributed by atoms with E-state index in [1.54, 1.807) is 0 Å². The first-order valence-electron chi connectivity index (χ1n) is 15.6. The summed E-state index contributed by atoms with van der Waals surface area (Å²) in [5.74, 6) is 0. The van der Waals surface area contributed by atoms with Crippen molar-refractivity contribution in [1.82, 2.24) is 4.57 Å². The molecular formula is C41H27BN2O. The van der Waals surface area contributed by atoms with Crippen molar-refractivity contribution >= 4 is 84.1 Å². The molecule has 0 saturated heterocycles. The molecule has 0 unspecified atom stereocenters. The van der Waals surface area contributed by atoms with Gasteiger partial charge < -0.3 is 14.3 Å². The molecular weight excluding hydrogens is 547 g/mol. The number of furan rings is 1. The number of hydrogen-bond acceptors (Lipinski definition) is 2. The summed E-state index contributed by atoms with van der Waals surface area (Å²) < 4.78 is 9.02. The molecule has 0 amide bonds. The molecule has 210 valence electrons. The van der Waals surface area contributed by atoms with Crippen molar-refractivity contribution in [3.63, 3.8) is 0 Å². The zero-order valence-corrected chi connectivity index (χ0v) is 24.8. The van der Waals surface area contributed by atoms with Crippen molar-refractivity contribution in [2.24, 2.45) is 0 Å². The van der Waals surface area contributed by atoms with E-state index < -0.39 is 0 Å². The highest BCUT2D eigenvalue weighted by Gasteiger charge is 2.28. The number of nitrogens with one attached hydrogen (secondary N) is 1. The predicted molar refractivity (Wildman–Crippen MR) is 192 cm³/mol. The van der Waals surface area contributed by atoms with Crippen LogP contribution in [-0.4, -0.2) is 11.8 Å². The lowest BCUT2D eigenvalue weighted by atomic mass is 9.58. The molecule has 1 aliphatic heterocycles. The molecule has 3 nitrogen and oxygen atoms in total. The minimum atomic E-state index is 0.852. The van der Waals surface area contributed by atoms with Gasteiger partial charge in [0.1, 0.15) is 11.2 Å². The Labute approximate surface area is 260 Å². The highest BCUT2D eigenvalue weighted by molar-refractivity contribution is 6.74. The van der Waals surface area contributed by atoms with Gasteiger partial charge in [0.2, 0.25) is 0 Å². The Morgan fingerprint density at radius 3 is 2.27 bits per heavy atom. The summed E-state index contributed by atoms with van der Waals surface area (Å²) in [6.45, 7) is 2.16. The number of fused-ring (bicyclic) bond motifs is 9. The van der Waals surface area contributed by atoms with Crippen LogP contribution < -0.4 is 16.2 Å². The molecule has 0 radical (unpaired) electrons. The third-order valence-corrected chi connectivity index (χ3v) is 9.72. The summed E-state index contributed by atoms with van der Waals surface area (Å²) in [6.07, 6.45) is 0. The Balaban J connectivity index is 1.35. The molecule has 0 saturated carbocycles. The van der Waals surface area contributed by atoms with Crippen molar-refractivity contribution < 1.29 is 4.42 Å². The number of nitrogens with zero attached hydrogens (tertiary/aromatic N) is 1. The molecule has 45 heavy (non-hydrogen) atoms. The maximum atomic E-state index is 6.51. The van der Waals surface area contributed by atoms with Crippen LogP contribution >= 0.6 is 0 Å². The lowest BCUT2D eigenvalue weighted by Gasteiger charge is -2.26. The van der Waals surface area contributed by atoms with Gasteiger partial charge in [0, 0.05) is 49.7 Å². The SMILES string of the molecule is Cc1ccccc1Nc1cc2c(cc1-c1c3c(cc4ccccc14)-n1c4ccccc4c4cccc(c41)B3)oc1ccccc12. The Bertz CT molecular complexity index is 2680. The second-order valence-electron chi connectivity index (χ2n) is 12.2. The Hall–Kier alpha value is -5.74. The van der Waals surface area contributed by atoms with Crippen molar-refractivity contribution in [3.05, 3.63) is 139 Å². The first-order chi connectivity index (χ1) is 22.2. The highest BCUT2D eigenvalue weighted by atomic mass is 16.3. The molecule has 9 aromatic rings. The van der Waals surface area contributed by atoms with Crippen molar-refractivity contribution in [3.8, 4) is 16.8 Å². The van der Waals surface area contributed by atoms with Crippen LogP contribution in [0.4, 0.5) is 11.4 Å². The van der Waals surface area contributed by atoms with Crippen LogP contribution in [0.5, 0.6) is 0 Å². The number of aryl methyl sites for hydroxylation is 1. The van der Waals surface area contributed by atoms with Crippen LogP contribution in [0.15, 0.2) is 138 Å². The van der Waals surface area contributed by atoms with Crippen LogP contribution in [0, 0.1) is 6.92 Å². The fourth-order valence-electron chi connectivity index (χ4n) is 7.67. The molecule has 0 spiro atoms. The van der Waals surface area contributed by atoms with Gasteiger partial charge in [-0.15, -0.1) is 0 Å². The molecule has 0 bridgehead atoms. The maximum Gasteiger partial charge on any atom is 0.198 e. The third-order valence-electron chi connectivity index (χ3n) is 9.72. The van der Waals surface area contributed by atoms with Crippen LogP contribution in [0.1, 0.15) is 5.56 Å². The smallest absolute Gasteiger partial charge is 0.198 e. The predicted octanol–water partition coefficient (Wildman–Crippen LogP) is 9.26. The van der Waals surface area contributed by atoms with Gasteiger partial charge in [-0.3, -0.25) is 0 Å². The van der Waals surface area contributed by atoms with Crippen LogP contribution in [0.25, 0.3) is 71.3 Å². The van der Waals surface area contributed by atoms with Gasteiger partial charge in [-0.05, 0) is 70.7 Å². The first-order valence-corrected chi connectivity index (χ1v) is 15.6. The highest BCUT2D eigenvalue weighted by Crippen LogP contribution is 2.43. The van der Waals surface area contributed by atoms with E-state index in [-0.39, 0.29) is 0 Å². The standard InChI is InChI=1S/C41H27BN2O/c1-24-11-2-7-18-33(24)43-34-22-30-28-15-6-9-20-37(28)45-38(30)23-31(34)39-26-13-4-3-12-25(26)21-36-40(39)42-32-17-10-16-29-27-14-5-8-19-35(27)44(36)41(29)32/h2-23,42-43H,1H3. The van der Waals surface area contributed by atoms with E-state index in [9.17, 15) is 0 Å². The molecule has 0 atom stereocenters. The van der Waals surface area contributed by atoms with Crippen LogP contribution in [0.2, 0.25) is 0 Å². The fourth-order valence-corrected chi connectivity index (χ4v) is 7.67. The number of anilines is 2. The summed E-state index contributed by atoms with van der Waals surface area (Å²) in [7, 11) is 0.852. The van der Waals surface area contributed by atoms with Gasteiger partial charge in [-0.1, -0.05) is 103 Å². The number of rotatable bonds is 3. The van der Waals surface area contributed by atoms with Gasteiger partial charge >= 0.3 is 0 Å². The van der Waals surface area contributed by atoms with Crippen molar-refractivity contribution in [1.29, 1.82) is 0 Å². The monoisotopic (exact) mass is 574 g/mol. The lowest BCUT2D eigenvalue weighted by Crippen LogP contribution is -2.37. The molecule has 0 fully saturated rings. The van der Waals surface area contributed by atoms with E-state index in [1.807, 2.05) is 6.07 Å². The van der Waals surface area contributed by atoms with Gasteiger partial charge in [0.25, 0.3) is 0 Å². The van der Waals surface area contributed by atoms with Crippen molar-refractivity contribution in [2.45, 2.75) is 6.92 Å². The Morgan fingerprint density at radius 2 is 1.36 bits per heavy atom. The maximum absolute atomic E-state index is 6.51. The van der Waals surface area contributed by atoms with E-state index >= 15 is 0 Å². The van der Waals surface area contributed by atoms with E-state index in [2.05, 4.69) is 144 Å². The van der Waals surface area contributed by atoms with Crippen LogP contribution in [0.3, 0.4) is 0 Å². The summed E-state index contributed by atoms with van der Waals surface area (Å²) in [5, 5.41) is 11.2. The molecule has 0 aliphatic carbocycles. The van der Waals surface area contributed by atoms with E-state index in [1.165, 1.54) is 60.3 Å². The van der Waals surface area contributed by atoms with Gasteiger partial charge in [0.15, 0.2) is 7.28 Å². The summed E-state index contributed by atoms with van der Waals surface area (Å²) in [6, 6.07) is 48.2. The average molecular weight is 574 g/mol. The number of aromatic nitrogens is 1. The summed E-state index contributed by atoms with van der Waals surface area (Å²) >= 11 is 0. The van der Waals surface area contributed by atoms with Crippen LogP contribution in [-0.2, 0) is 0 Å². The van der Waals surface area contributed by atoms with E-state index in [0.29, 0.717) is 0 Å². The van der Waals surface area contributed by atoms with E-state index in [0.717, 1.165) is 46.2 Å². The quantitative estimate of drug-likeness (QED) is 0.213. The largest absolute Gasteiger partial charge is 0.456 e. The molecule has 1 N–H and O–H groups in total. The second kappa shape index (κ2) is 9.14. The van der Waals surface area contributed by atoms with Gasteiger partial charge in [0.05, 0.1) is 5.52 Å². The van der Waals surface area contributed by atoms with E-state index in [4.69, 9.17) is 4.42 Å². The Kier molecular flexibility index (Phi) is 5.01. The lowest BCUT2D eigenvalue weighted by molar-refractivity contribution is 0.669. The Morgan fingerprint density at radius 1 is 0.600 bits per heavy atom. The summed E-state index contributed by atoms with van der Waals surface area (Å²) in [4.78, 5) is 0. The molecule has 7 aromatic carbocycles. The third kappa shape index (κ3) is 3.48. The molecule has 2 aromatic heterocycles. The molecule has 3 heterocycles. The number of hydrogen-bond donors (Lipinski definition) is 1. The fraction of sp³-hybridized carbons (Fsp3) is 0.0244. The topological polar surface area (TPSA) is 30.1 Å². The van der Waals surface area contributed by atoms with Gasteiger partial charge in [-0.2, -0.15) is 0 Å². The molecule has 1 aliphatic rings. The minimum Gasteiger partial charge on any atom is -0.456 e. The molecule has 4 heteroatoms. The average Bonchev–Trinajstić information content (AvgIpc) is 3.61. The molecule has 10 rings (SSSR count). The summed E-state index contributed by atoms with van der Waals surface area (Å²) in [5.41, 5.74) is 14.1. The van der Waals surface area contributed by atoms with Crippen molar-refractivity contribution in [2.75, 3.05) is 5.32 Å². The van der Waals surface area contributed by atoms with Gasteiger partial charge in [-0.25, -0.2) is 0 Å². The first kappa shape index (κ1) is 24.7. The zero-order valence-electron chi connectivity index (χ0n) is 24.8. The number of para-hydroxylation sites is 4. The second-order valence-corrected chi connectivity index (χ2v) is 12.2. The number of benzene rings is 7. The minimum absolute atomic E-state index is 0.852.